The summed E-state index contributed by atoms with van der Waals surface area (Å²) >= 11 is 0. The molecule has 1 aromatic rings. The maximum Gasteiger partial charge on any atom is 0.254 e. The Bertz CT molecular complexity index is 388. The van der Waals surface area contributed by atoms with Gasteiger partial charge in [-0.25, -0.2) is 0 Å². The second-order valence-electron chi connectivity index (χ2n) is 4.33. The Morgan fingerprint density at radius 2 is 2.00 bits per heavy atom. The third-order valence-electron chi connectivity index (χ3n) is 3.23. The molecule has 1 heterocycles. The van der Waals surface area contributed by atoms with Gasteiger partial charge in [-0.15, -0.1) is 0 Å². The summed E-state index contributed by atoms with van der Waals surface area (Å²) < 4.78 is 0. The molecule has 1 aliphatic rings. The molecule has 1 aliphatic heterocycles. The topological polar surface area (TPSA) is 60.8 Å². The molecule has 2 rings (SSSR count). The fourth-order valence-electron chi connectivity index (χ4n) is 2.21. The highest BCUT2D eigenvalue weighted by molar-refractivity contribution is 5.94. The van der Waals surface area contributed by atoms with E-state index in [1.807, 2.05) is 0 Å². The maximum atomic E-state index is 12.2. The van der Waals surface area contributed by atoms with E-state index in [0.717, 1.165) is 18.4 Å². The number of hydrogen-bond donors (Lipinski definition) is 2. The number of benzene rings is 1. The molecule has 2 N–H and O–H groups in total. The molecule has 0 aliphatic carbocycles. The predicted octanol–water partition coefficient (Wildman–Crippen LogP) is 0.776. The molecule has 0 saturated carbocycles. The monoisotopic (exact) mass is 235 g/mol. The number of aliphatic hydroxyl groups excluding tert-OH is 2. The van der Waals surface area contributed by atoms with Gasteiger partial charge in [0.25, 0.3) is 5.91 Å². The summed E-state index contributed by atoms with van der Waals surface area (Å²) in [6.07, 6.45) is 1.82. The number of carbonyl (C=O) groups excluding carboxylic acids is 1. The Labute approximate surface area is 100 Å². The molecule has 0 unspecified atom stereocenters. The van der Waals surface area contributed by atoms with Gasteiger partial charge in [0.15, 0.2) is 0 Å². The average molecular weight is 235 g/mol. The molecule has 0 aromatic heterocycles. The summed E-state index contributed by atoms with van der Waals surface area (Å²) in [6, 6.07) is 6.90. The van der Waals surface area contributed by atoms with Crippen LogP contribution in [0.25, 0.3) is 0 Å². The first kappa shape index (κ1) is 12.1. The largest absolute Gasteiger partial charge is 0.394 e. The fourth-order valence-corrected chi connectivity index (χ4v) is 2.21. The zero-order valence-electron chi connectivity index (χ0n) is 9.67. The third kappa shape index (κ3) is 2.48. The van der Waals surface area contributed by atoms with Crippen molar-refractivity contribution in [3.63, 3.8) is 0 Å². The van der Waals surface area contributed by atoms with E-state index in [2.05, 4.69) is 0 Å². The summed E-state index contributed by atoms with van der Waals surface area (Å²) in [7, 11) is 0. The molecule has 1 atom stereocenters. The highest BCUT2D eigenvalue weighted by Crippen LogP contribution is 2.19. The molecule has 1 aromatic carbocycles. The van der Waals surface area contributed by atoms with Crippen molar-refractivity contribution in [2.24, 2.45) is 0 Å². The minimum Gasteiger partial charge on any atom is -0.394 e. The van der Waals surface area contributed by atoms with Crippen LogP contribution in [-0.2, 0) is 6.61 Å². The van der Waals surface area contributed by atoms with Gasteiger partial charge in [-0.05, 0) is 30.5 Å². The number of amides is 1. The Morgan fingerprint density at radius 1 is 1.29 bits per heavy atom. The van der Waals surface area contributed by atoms with E-state index in [1.165, 1.54) is 0 Å². The quantitative estimate of drug-likeness (QED) is 0.813. The van der Waals surface area contributed by atoms with Crippen LogP contribution in [-0.4, -0.2) is 40.2 Å². The van der Waals surface area contributed by atoms with Crippen molar-refractivity contribution < 1.29 is 15.0 Å². The van der Waals surface area contributed by atoms with Crippen molar-refractivity contribution in [1.29, 1.82) is 0 Å². The summed E-state index contributed by atoms with van der Waals surface area (Å²) in [5.41, 5.74) is 1.41. The molecule has 0 spiro atoms. The third-order valence-corrected chi connectivity index (χ3v) is 3.23. The molecule has 4 heteroatoms. The second-order valence-corrected chi connectivity index (χ2v) is 4.33. The van der Waals surface area contributed by atoms with Crippen molar-refractivity contribution in [1.82, 2.24) is 4.90 Å². The van der Waals surface area contributed by atoms with E-state index in [1.54, 1.807) is 29.2 Å². The number of nitrogens with zero attached hydrogens (tertiary/aromatic N) is 1. The lowest BCUT2D eigenvalue weighted by Crippen LogP contribution is -2.37. The lowest BCUT2D eigenvalue weighted by atomic mass is 10.1. The molecular formula is C13H17NO3. The summed E-state index contributed by atoms with van der Waals surface area (Å²) in [5, 5.41) is 18.1. The van der Waals surface area contributed by atoms with E-state index in [9.17, 15) is 9.90 Å². The van der Waals surface area contributed by atoms with E-state index < -0.39 is 0 Å². The number of likely N-dealkylation sites (tertiary alicyclic amines) is 1. The molecule has 92 valence electrons. The van der Waals surface area contributed by atoms with Crippen LogP contribution in [0.15, 0.2) is 24.3 Å². The van der Waals surface area contributed by atoms with Crippen molar-refractivity contribution in [2.45, 2.75) is 25.5 Å². The highest BCUT2D eigenvalue weighted by Gasteiger charge is 2.28. The fraction of sp³-hybridized carbons (Fsp3) is 0.462. The second kappa shape index (κ2) is 5.29. The Kier molecular flexibility index (Phi) is 3.76. The molecule has 4 nitrogen and oxygen atoms in total. The first-order valence-corrected chi connectivity index (χ1v) is 5.88. The number of rotatable bonds is 3. The standard InChI is InChI=1S/C13H17NO3/c15-8-10-3-5-11(6-4-10)13(17)14-7-1-2-12(14)9-16/h3-6,12,15-16H,1-2,7-9H2/t12-/m0/s1. The van der Waals surface area contributed by atoms with Gasteiger partial charge < -0.3 is 15.1 Å². The van der Waals surface area contributed by atoms with Gasteiger partial charge in [0.05, 0.1) is 19.3 Å². The van der Waals surface area contributed by atoms with Crippen molar-refractivity contribution in [3.05, 3.63) is 35.4 Å². The van der Waals surface area contributed by atoms with Crippen LogP contribution in [0.5, 0.6) is 0 Å². The highest BCUT2D eigenvalue weighted by atomic mass is 16.3. The lowest BCUT2D eigenvalue weighted by molar-refractivity contribution is 0.0677. The number of aliphatic hydroxyl groups is 2. The first-order valence-electron chi connectivity index (χ1n) is 5.88. The lowest BCUT2D eigenvalue weighted by Gasteiger charge is -2.23. The first-order chi connectivity index (χ1) is 8.26. The number of carbonyl (C=O) groups is 1. The minimum atomic E-state index is -0.0416. The van der Waals surface area contributed by atoms with Crippen LogP contribution in [0.4, 0.5) is 0 Å². The molecule has 1 saturated heterocycles. The SMILES string of the molecule is O=C(c1ccc(CO)cc1)N1CCC[C@H]1CO. The molecule has 0 radical (unpaired) electrons. The van der Waals surface area contributed by atoms with Crippen molar-refractivity contribution >= 4 is 5.91 Å². The molecular weight excluding hydrogens is 218 g/mol. The Hall–Kier alpha value is -1.39. The van der Waals surface area contributed by atoms with E-state index in [0.29, 0.717) is 12.1 Å². The molecule has 1 fully saturated rings. The average Bonchev–Trinajstić information content (AvgIpc) is 2.86. The van der Waals surface area contributed by atoms with Crippen molar-refractivity contribution in [2.75, 3.05) is 13.2 Å². The van der Waals surface area contributed by atoms with Crippen LogP contribution in [0, 0.1) is 0 Å². The zero-order valence-corrected chi connectivity index (χ0v) is 9.67. The van der Waals surface area contributed by atoms with Crippen LogP contribution < -0.4 is 0 Å². The number of hydrogen-bond acceptors (Lipinski definition) is 3. The van der Waals surface area contributed by atoms with Gasteiger partial charge in [0.2, 0.25) is 0 Å². The maximum absolute atomic E-state index is 12.2. The van der Waals surface area contributed by atoms with Crippen LogP contribution in [0.1, 0.15) is 28.8 Å². The van der Waals surface area contributed by atoms with E-state index >= 15 is 0 Å². The minimum absolute atomic E-state index is 0.0164. The van der Waals surface area contributed by atoms with Crippen LogP contribution in [0.3, 0.4) is 0 Å². The van der Waals surface area contributed by atoms with Crippen LogP contribution >= 0.6 is 0 Å². The predicted molar refractivity (Wildman–Crippen MR) is 63.5 cm³/mol. The van der Waals surface area contributed by atoms with Crippen LogP contribution in [0.2, 0.25) is 0 Å². The Morgan fingerprint density at radius 3 is 2.59 bits per heavy atom. The molecule has 1 amide bonds. The van der Waals surface area contributed by atoms with Gasteiger partial charge in [-0.1, -0.05) is 12.1 Å². The summed E-state index contributed by atoms with van der Waals surface area (Å²) in [6.45, 7) is 0.726. The van der Waals surface area contributed by atoms with Gasteiger partial charge in [0.1, 0.15) is 0 Å². The summed E-state index contributed by atoms with van der Waals surface area (Å²) in [4.78, 5) is 13.9. The molecule has 0 bridgehead atoms. The van der Waals surface area contributed by atoms with Crippen molar-refractivity contribution in [3.8, 4) is 0 Å². The smallest absolute Gasteiger partial charge is 0.254 e. The van der Waals surface area contributed by atoms with Gasteiger partial charge in [-0.2, -0.15) is 0 Å². The molecule has 17 heavy (non-hydrogen) atoms. The normalized spacial score (nSPS) is 19.6. The zero-order chi connectivity index (χ0) is 12.3. The van der Waals surface area contributed by atoms with E-state index in [-0.39, 0.29) is 25.2 Å². The Balaban J connectivity index is 2.13. The van der Waals surface area contributed by atoms with Gasteiger partial charge in [-0.3, -0.25) is 4.79 Å². The van der Waals surface area contributed by atoms with Gasteiger partial charge in [0, 0.05) is 12.1 Å². The summed E-state index contributed by atoms with van der Waals surface area (Å²) in [5.74, 6) is -0.0361. The van der Waals surface area contributed by atoms with E-state index in [4.69, 9.17) is 5.11 Å². The van der Waals surface area contributed by atoms with Gasteiger partial charge >= 0.3 is 0 Å².